The molecule has 2 aromatic rings. The van der Waals surface area contributed by atoms with Crippen LogP contribution < -0.4 is 11.1 Å². The number of nitrogens with one attached hydrogen (secondary N) is 1. The van der Waals surface area contributed by atoms with Crippen LogP contribution in [0.25, 0.3) is 0 Å². The predicted molar refractivity (Wildman–Crippen MR) is 79.1 cm³/mol. The van der Waals surface area contributed by atoms with Gasteiger partial charge in [-0.3, -0.25) is 0 Å². The van der Waals surface area contributed by atoms with E-state index in [0.717, 1.165) is 12.1 Å². The Labute approximate surface area is 113 Å². The van der Waals surface area contributed by atoms with Crippen molar-refractivity contribution in [3.8, 4) is 0 Å². The summed E-state index contributed by atoms with van der Waals surface area (Å²) >= 11 is 5.99. The molecule has 3 N–H and O–H groups in total. The van der Waals surface area contributed by atoms with Gasteiger partial charge in [-0.05, 0) is 31.0 Å². The molecule has 0 bridgehead atoms. The maximum absolute atomic E-state index is 5.99. The Kier molecular flexibility index (Phi) is 4.11. The molecule has 0 aliphatic heterocycles. The first-order valence-corrected chi connectivity index (χ1v) is 6.39. The Bertz CT molecular complexity index is 511. The lowest BCUT2D eigenvalue weighted by molar-refractivity contribution is 0.791. The van der Waals surface area contributed by atoms with Gasteiger partial charge in [0.1, 0.15) is 0 Å². The zero-order chi connectivity index (χ0) is 13.0. The lowest BCUT2D eigenvalue weighted by Crippen LogP contribution is -2.18. The van der Waals surface area contributed by atoms with Crippen molar-refractivity contribution in [2.45, 2.75) is 19.4 Å². The van der Waals surface area contributed by atoms with Crippen LogP contribution in [0.5, 0.6) is 0 Å². The van der Waals surface area contributed by atoms with E-state index in [1.165, 1.54) is 5.56 Å². The summed E-state index contributed by atoms with van der Waals surface area (Å²) in [5.41, 5.74) is 8.74. The molecule has 0 saturated heterocycles. The second-order valence-electron chi connectivity index (χ2n) is 4.44. The third-order valence-corrected chi connectivity index (χ3v) is 3.17. The van der Waals surface area contributed by atoms with Gasteiger partial charge in [-0.25, -0.2) is 0 Å². The minimum absolute atomic E-state index is 0.299. The van der Waals surface area contributed by atoms with Crippen LogP contribution in [0.3, 0.4) is 0 Å². The third-order valence-electron chi connectivity index (χ3n) is 2.84. The van der Waals surface area contributed by atoms with E-state index in [2.05, 4.69) is 36.5 Å². The second kappa shape index (κ2) is 5.78. The Hall–Kier alpha value is -1.67. The molecule has 0 aromatic heterocycles. The van der Waals surface area contributed by atoms with Crippen molar-refractivity contribution in [2.24, 2.45) is 0 Å². The largest absolute Gasteiger partial charge is 0.396 e. The second-order valence-corrected chi connectivity index (χ2v) is 4.84. The fourth-order valence-corrected chi connectivity index (χ4v) is 2.12. The molecule has 2 nitrogen and oxygen atoms in total. The highest BCUT2D eigenvalue weighted by atomic mass is 35.5. The zero-order valence-electron chi connectivity index (χ0n) is 10.4. The summed E-state index contributed by atoms with van der Waals surface area (Å²) in [5, 5.41) is 3.98. The van der Waals surface area contributed by atoms with Crippen molar-refractivity contribution in [3.63, 3.8) is 0 Å². The number of anilines is 2. The van der Waals surface area contributed by atoms with E-state index in [9.17, 15) is 0 Å². The van der Waals surface area contributed by atoms with Crippen LogP contribution in [0.2, 0.25) is 5.02 Å². The Morgan fingerprint density at radius 3 is 2.56 bits per heavy atom. The van der Waals surface area contributed by atoms with Crippen LogP contribution in [0.1, 0.15) is 12.5 Å². The number of para-hydroxylation sites is 1. The van der Waals surface area contributed by atoms with Gasteiger partial charge in [0.2, 0.25) is 0 Å². The smallest absolute Gasteiger partial charge is 0.0739 e. The van der Waals surface area contributed by atoms with Gasteiger partial charge in [0.15, 0.2) is 0 Å². The number of hydrogen-bond acceptors (Lipinski definition) is 2. The lowest BCUT2D eigenvalue weighted by Gasteiger charge is -2.17. The van der Waals surface area contributed by atoms with Crippen molar-refractivity contribution in [3.05, 3.63) is 59.1 Å². The highest BCUT2D eigenvalue weighted by molar-refractivity contribution is 6.33. The van der Waals surface area contributed by atoms with Gasteiger partial charge in [0.25, 0.3) is 0 Å². The standard InChI is InChI=1S/C15H17ClN2/c1-11(10-12-6-3-2-4-7-12)18-14-9-5-8-13(16)15(14)17/h2-9,11,18H,10,17H2,1H3. The average Bonchev–Trinajstić information content (AvgIpc) is 2.36. The van der Waals surface area contributed by atoms with Gasteiger partial charge in [-0.2, -0.15) is 0 Å². The topological polar surface area (TPSA) is 38.0 Å². The first-order chi connectivity index (χ1) is 8.66. The Morgan fingerprint density at radius 2 is 1.83 bits per heavy atom. The fourth-order valence-electron chi connectivity index (χ4n) is 1.95. The summed E-state index contributed by atoms with van der Waals surface area (Å²) in [5.74, 6) is 0. The van der Waals surface area contributed by atoms with E-state index in [-0.39, 0.29) is 0 Å². The SMILES string of the molecule is CC(Cc1ccccc1)Nc1cccc(Cl)c1N. The summed E-state index contributed by atoms with van der Waals surface area (Å²) in [6, 6.07) is 16.3. The quantitative estimate of drug-likeness (QED) is 0.817. The third kappa shape index (κ3) is 3.17. The number of rotatable bonds is 4. The molecular formula is C15H17ClN2. The predicted octanol–water partition coefficient (Wildman–Crippen LogP) is 3.97. The number of nitrogen functional groups attached to an aromatic ring is 1. The highest BCUT2D eigenvalue weighted by Crippen LogP contribution is 2.27. The highest BCUT2D eigenvalue weighted by Gasteiger charge is 2.07. The molecule has 0 heterocycles. The minimum Gasteiger partial charge on any atom is -0.396 e. The van der Waals surface area contributed by atoms with Crippen molar-refractivity contribution >= 4 is 23.0 Å². The maximum Gasteiger partial charge on any atom is 0.0739 e. The summed E-state index contributed by atoms with van der Waals surface area (Å²) in [6.45, 7) is 2.13. The Balaban J connectivity index is 2.03. The van der Waals surface area contributed by atoms with Crippen LogP contribution in [0, 0.1) is 0 Å². The van der Waals surface area contributed by atoms with Crippen molar-refractivity contribution in [1.29, 1.82) is 0 Å². The molecule has 0 amide bonds. The van der Waals surface area contributed by atoms with Crippen molar-refractivity contribution in [1.82, 2.24) is 0 Å². The molecule has 0 spiro atoms. The first-order valence-electron chi connectivity index (χ1n) is 6.01. The number of benzene rings is 2. The van der Waals surface area contributed by atoms with Crippen LogP contribution in [-0.2, 0) is 6.42 Å². The van der Waals surface area contributed by atoms with Gasteiger partial charge < -0.3 is 11.1 Å². The molecule has 3 heteroatoms. The summed E-state index contributed by atoms with van der Waals surface area (Å²) < 4.78 is 0. The van der Waals surface area contributed by atoms with Crippen molar-refractivity contribution in [2.75, 3.05) is 11.1 Å². The normalized spacial score (nSPS) is 12.1. The first kappa shape index (κ1) is 12.8. The maximum atomic E-state index is 5.99. The molecule has 0 radical (unpaired) electrons. The van der Waals surface area contributed by atoms with E-state index >= 15 is 0 Å². The average molecular weight is 261 g/mol. The zero-order valence-corrected chi connectivity index (χ0v) is 11.1. The van der Waals surface area contributed by atoms with E-state index in [1.54, 1.807) is 6.07 Å². The molecule has 2 rings (SSSR count). The summed E-state index contributed by atoms with van der Waals surface area (Å²) in [4.78, 5) is 0. The fraction of sp³-hybridized carbons (Fsp3) is 0.200. The number of hydrogen-bond donors (Lipinski definition) is 2. The van der Waals surface area contributed by atoms with Crippen LogP contribution in [-0.4, -0.2) is 6.04 Å². The van der Waals surface area contributed by atoms with Crippen LogP contribution >= 0.6 is 11.6 Å². The summed E-state index contributed by atoms with van der Waals surface area (Å²) in [7, 11) is 0. The number of halogens is 1. The molecule has 0 fully saturated rings. The molecule has 0 aliphatic carbocycles. The van der Waals surface area contributed by atoms with E-state index in [1.807, 2.05) is 18.2 Å². The van der Waals surface area contributed by atoms with Gasteiger partial charge in [-0.15, -0.1) is 0 Å². The molecule has 2 aromatic carbocycles. The van der Waals surface area contributed by atoms with E-state index in [0.29, 0.717) is 16.8 Å². The van der Waals surface area contributed by atoms with Crippen LogP contribution in [0.4, 0.5) is 11.4 Å². The lowest BCUT2D eigenvalue weighted by atomic mass is 10.1. The molecule has 0 saturated carbocycles. The van der Waals surface area contributed by atoms with Crippen LogP contribution in [0.15, 0.2) is 48.5 Å². The van der Waals surface area contributed by atoms with Gasteiger partial charge in [0, 0.05) is 6.04 Å². The summed E-state index contributed by atoms with van der Waals surface area (Å²) in [6.07, 6.45) is 0.951. The molecule has 18 heavy (non-hydrogen) atoms. The molecule has 0 aliphatic rings. The molecular weight excluding hydrogens is 244 g/mol. The van der Waals surface area contributed by atoms with Gasteiger partial charge >= 0.3 is 0 Å². The molecule has 94 valence electrons. The number of nitrogens with two attached hydrogens (primary N) is 1. The Morgan fingerprint density at radius 1 is 1.11 bits per heavy atom. The minimum atomic E-state index is 0.299. The molecule has 1 atom stereocenters. The monoisotopic (exact) mass is 260 g/mol. The van der Waals surface area contributed by atoms with Gasteiger partial charge in [0.05, 0.1) is 16.4 Å². The van der Waals surface area contributed by atoms with Crippen molar-refractivity contribution < 1.29 is 0 Å². The van der Waals surface area contributed by atoms with E-state index in [4.69, 9.17) is 17.3 Å². The molecule has 1 unspecified atom stereocenters. The van der Waals surface area contributed by atoms with E-state index < -0.39 is 0 Å². The van der Waals surface area contributed by atoms with Gasteiger partial charge in [-0.1, -0.05) is 48.0 Å².